The molecule has 0 saturated carbocycles. The molecule has 2 amide bonds. The monoisotopic (exact) mass is 315 g/mol. The van der Waals surface area contributed by atoms with Crippen LogP contribution in [-0.4, -0.2) is 25.7 Å². The molecular weight excluding hydrogens is 295 g/mol. The van der Waals surface area contributed by atoms with Crippen LogP contribution in [0, 0.1) is 5.92 Å². The second-order valence-electron chi connectivity index (χ2n) is 5.46. The lowest BCUT2D eigenvalue weighted by molar-refractivity contribution is -0.137. The van der Waals surface area contributed by atoms with Crippen molar-refractivity contribution in [2.45, 2.75) is 25.4 Å². The van der Waals surface area contributed by atoms with E-state index in [1.165, 1.54) is 12.1 Å². The zero-order chi connectivity index (χ0) is 16.0. The van der Waals surface area contributed by atoms with Crippen LogP contribution in [0.25, 0.3) is 0 Å². The summed E-state index contributed by atoms with van der Waals surface area (Å²) in [6, 6.07) is 3.98. The Morgan fingerprint density at radius 2 is 2.00 bits per heavy atom. The molecule has 0 aromatic heterocycles. The molecule has 0 spiro atoms. The van der Waals surface area contributed by atoms with Gasteiger partial charge in [-0.2, -0.15) is 13.2 Å². The summed E-state index contributed by atoms with van der Waals surface area (Å²) >= 11 is 0. The lowest BCUT2D eigenvalue weighted by Gasteiger charge is -2.22. The molecule has 1 saturated heterocycles. The number of amides is 2. The molecule has 0 bridgehead atoms. The van der Waals surface area contributed by atoms with Crippen LogP contribution in [-0.2, 0) is 6.18 Å². The summed E-state index contributed by atoms with van der Waals surface area (Å²) in [5, 5.41) is 8.56. The standard InChI is InChI=1S/C15H20F3N3O/c16-15(17,18)12-3-5-13(6-4-12)21-14(22)20-9-7-11-2-1-8-19-10-11/h3-6,11,19H,1-2,7-10H2,(H2,20,21,22). The van der Waals surface area contributed by atoms with Gasteiger partial charge >= 0.3 is 12.2 Å². The van der Waals surface area contributed by atoms with Gasteiger partial charge in [0.1, 0.15) is 0 Å². The largest absolute Gasteiger partial charge is 0.416 e. The number of carbonyl (C=O) groups is 1. The third kappa shape index (κ3) is 5.22. The van der Waals surface area contributed by atoms with Crippen molar-refractivity contribution in [1.29, 1.82) is 0 Å². The number of carbonyl (C=O) groups excluding carboxylic acids is 1. The smallest absolute Gasteiger partial charge is 0.338 e. The molecule has 1 atom stereocenters. The molecule has 22 heavy (non-hydrogen) atoms. The van der Waals surface area contributed by atoms with Gasteiger partial charge in [0, 0.05) is 12.2 Å². The highest BCUT2D eigenvalue weighted by molar-refractivity contribution is 5.89. The maximum atomic E-state index is 12.4. The minimum atomic E-state index is -4.37. The van der Waals surface area contributed by atoms with E-state index in [-0.39, 0.29) is 0 Å². The van der Waals surface area contributed by atoms with E-state index in [2.05, 4.69) is 16.0 Å². The van der Waals surface area contributed by atoms with E-state index in [0.717, 1.165) is 44.5 Å². The van der Waals surface area contributed by atoms with E-state index < -0.39 is 17.8 Å². The first-order chi connectivity index (χ1) is 10.4. The molecule has 1 unspecified atom stereocenters. The van der Waals surface area contributed by atoms with E-state index >= 15 is 0 Å². The fourth-order valence-electron chi connectivity index (χ4n) is 2.48. The van der Waals surface area contributed by atoms with Crippen molar-refractivity contribution in [2.75, 3.05) is 25.0 Å². The third-order valence-electron chi connectivity index (χ3n) is 3.71. The van der Waals surface area contributed by atoms with Gasteiger partial charge in [-0.05, 0) is 62.5 Å². The Balaban J connectivity index is 1.72. The Kier molecular flexibility index (Phi) is 5.65. The Hall–Kier alpha value is -1.76. The second kappa shape index (κ2) is 7.49. The van der Waals surface area contributed by atoms with Crippen molar-refractivity contribution in [3.05, 3.63) is 29.8 Å². The third-order valence-corrected chi connectivity index (χ3v) is 3.71. The number of benzene rings is 1. The van der Waals surface area contributed by atoms with Crippen LogP contribution in [0.1, 0.15) is 24.8 Å². The van der Waals surface area contributed by atoms with Crippen molar-refractivity contribution in [2.24, 2.45) is 5.92 Å². The number of alkyl halides is 3. The van der Waals surface area contributed by atoms with Gasteiger partial charge in [-0.1, -0.05) is 0 Å². The number of urea groups is 1. The fraction of sp³-hybridized carbons (Fsp3) is 0.533. The van der Waals surface area contributed by atoms with Crippen LogP contribution < -0.4 is 16.0 Å². The zero-order valence-electron chi connectivity index (χ0n) is 12.2. The molecule has 122 valence electrons. The first-order valence-corrected chi connectivity index (χ1v) is 7.38. The summed E-state index contributed by atoms with van der Waals surface area (Å²) in [7, 11) is 0. The molecule has 1 heterocycles. The molecule has 1 fully saturated rings. The first-order valence-electron chi connectivity index (χ1n) is 7.38. The van der Waals surface area contributed by atoms with Gasteiger partial charge in [0.25, 0.3) is 0 Å². The topological polar surface area (TPSA) is 53.2 Å². The second-order valence-corrected chi connectivity index (χ2v) is 5.46. The van der Waals surface area contributed by atoms with Crippen molar-refractivity contribution in [3.8, 4) is 0 Å². The predicted molar refractivity (Wildman–Crippen MR) is 78.7 cm³/mol. The van der Waals surface area contributed by atoms with Gasteiger partial charge in [0.15, 0.2) is 0 Å². The maximum absolute atomic E-state index is 12.4. The number of halogens is 3. The van der Waals surface area contributed by atoms with Crippen LogP contribution >= 0.6 is 0 Å². The van der Waals surface area contributed by atoms with Gasteiger partial charge in [-0.3, -0.25) is 0 Å². The number of hydrogen-bond acceptors (Lipinski definition) is 2. The quantitative estimate of drug-likeness (QED) is 0.799. The summed E-state index contributed by atoms with van der Waals surface area (Å²) in [5.74, 6) is 0.570. The van der Waals surface area contributed by atoms with Gasteiger partial charge in [-0.25, -0.2) is 4.79 Å². The summed E-state index contributed by atoms with van der Waals surface area (Å²) in [6.45, 7) is 2.58. The van der Waals surface area contributed by atoms with E-state index in [1.54, 1.807) is 0 Å². The number of nitrogens with one attached hydrogen (secondary N) is 3. The molecule has 1 aromatic rings. The van der Waals surface area contributed by atoms with Crippen LogP contribution in [0.3, 0.4) is 0 Å². The minimum absolute atomic E-state index is 0.338. The van der Waals surface area contributed by atoms with Crippen LogP contribution in [0.15, 0.2) is 24.3 Å². The van der Waals surface area contributed by atoms with Crippen molar-refractivity contribution in [3.63, 3.8) is 0 Å². The van der Waals surface area contributed by atoms with E-state index in [4.69, 9.17) is 0 Å². The average molecular weight is 315 g/mol. The zero-order valence-corrected chi connectivity index (χ0v) is 12.2. The molecule has 1 aliphatic rings. The van der Waals surface area contributed by atoms with E-state index in [1.807, 2.05) is 0 Å². The van der Waals surface area contributed by atoms with Gasteiger partial charge < -0.3 is 16.0 Å². The molecule has 4 nitrogen and oxygen atoms in total. The molecule has 1 aliphatic heterocycles. The van der Waals surface area contributed by atoms with Crippen molar-refractivity contribution >= 4 is 11.7 Å². The van der Waals surface area contributed by atoms with Crippen LogP contribution in [0.4, 0.5) is 23.7 Å². The summed E-state index contributed by atoms with van der Waals surface area (Å²) in [5.41, 5.74) is -0.395. The normalized spacial score (nSPS) is 18.8. The summed E-state index contributed by atoms with van der Waals surface area (Å²) < 4.78 is 37.3. The van der Waals surface area contributed by atoms with Gasteiger partial charge in [0.2, 0.25) is 0 Å². The Bertz CT molecular complexity index is 482. The number of anilines is 1. The first kappa shape index (κ1) is 16.6. The number of hydrogen-bond donors (Lipinski definition) is 3. The highest BCUT2D eigenvalue weighted by Crippen LogP contribution is 2.29. The van der Waals surface area contributed by atoms with E-state index in [0.29, 0.717) is 18.2 Å². The molecule has 2 rings (SSSR count). The molecule has 7 heteroatoms. The predicted octanol–water partition coefficient (Wildman–Crippen LogP) is 3.22. The highest BCUT2D eigenvalue weighted by atomic mass is 19.4. The van der Waals surface area contributed by atoms with Crippen molar-refractivity contribution in [1.82, 2.24) is 10.6 Å². The van der Waals surface area contributed by atoms with Gasteiger partial charge in [0.05, 0.1) is 5.56 Å². The molecule has 3 N–H and O–H groups in total. The summed E-state index contributed by atoms with van der Waals surface area (Å²) in [4.78, 5) is 11.7. The van der Waals surface area contributed by atoms with E-state index in [9.17, 15) is 18.0 Å². The molecule has 0 radical (unpaired) electrons. The SMILES string of the molecule is O=C(NCCC1CCCNC1)Nc1ccc(C(F)(F)F)cc1. The van der Waals surface area contributed by atoms with Gasteiger partial charge in [-0.15, -0.1) is 0 Å². The van der Waals surface area contributed by atoms with Crippen LogP contribution in [0.5, 0.6) is 0 Å². The molecular formula is C15H20F3N3O. The minimum Gasteiger partial charge on any atom is -0.338 e. The van der Waals surface area contributed by atoms with Crippen molar-refractivity contribution < 1.29 is 18.0 Å². The lowest BCUT2D eigenvalue weighted by atomic mass is 9.96. The van der Waals surface area contributed by atoms with Crippen LogP contribution in [0.2, 0.25) is 0 Å². The Morgan fingerprint density at radius 1 is 1.27 bits per heavy atom. The molecule has 1 aromatic carbocycles. The Labute approximate surface area is 127 Å². The summed E-state index contributed by atoms with van der Waals surface area (Å²) in [6.07, 6.45) is -1.15. The number of piperidine rings is 1. The Morgan fingerprint density at radius 3 is 2.59 bits per heavy atom. The fourth-order valence-corrected chi connectivity index (χ4v) is 2.48. The highest BCUT2D eigenvalue weighted by Gasteiger charge is 2.29. The maximum Gasteiger partial charge on any atom is 0.416 e. The lowest BCUT2D eigenvalue weighted by Crippen LogP contribution is -2.34. The number of rotatable bonds is 4. The molecule has 0 aliphatic carbocycles. The average Bonchev–Trinajstić information content (AvgIpc) is 2.48.